The van der Waals surface area contributed by atoms with Crippen LogP contribution in [0.3, 0.4) is 0 Å². The number of Topliss-reactive ketones (excluding diaryl/α,β-unsaturated/α-hetero) is 1. The predicted molar refractivity (Wildman–Crippen MR) is 102 cm³/mol. The molecule has 154 valence electrons. The summed E-state index contributed by atoms with van der Waals surface area (Å²) < 4.78 is 17.8. The highest BCUT2D eigenvalue weighted by Crippen LogP contribution is 2.20. The van der Waals surface area contributed by atoms with Gasteiger partial charge in [0.1, 0.15) is 25.4 Å². The molecule has 8 nitrogen and oxygen atoms in total. The van der Waals surface area contributed by atoms with Crippen LogP contribution in [0, 0.1) is 0 Å². The number of carboxylic acids is 1. The minimum atomic E-state index is -1.55. The van der Waals surface area contributed by atoms with Gasteiger partial charge in [0.2, 0.25) is 5.91 Å². The van der Waals surface area contributed by atoms with Crippen LogP contribution in [0.15, 0.2) is 47.8 Å². The lowest BCUT2D eigenvalue weighted by Crippen LogP contribution is -2.48. The summed E-state index contributed by atoms with van der Waals surface area (Å²) in [5.74, 6) is -3.30. The van der Waals surface area contributed by atoms with E-state index < -0.39 is 48.9 Å². The van der Waals surface area contributed by atoms with Crippen molar-refractivity contribution in [3.63, 3.8) is 0 Å². The Morgan fingerprint density at radius 2 is 1.79 bits per heavy atom. The Hall–Kier alpha value is -3.27. The number of nitrogens with one attached hydrogen (secondary N) is 2. The van der Waals surface area contributed by atoms with Crippen LogP contribution >= 0.6 is 11.3 Å². The van der Waals surface area contributed by atoms with Crippen LogP contribution in [-0.4, -0.2) is 41.6 Å². The number of alkyl halides is 1. The molecule has 2 unspecified atom stereocenters. The molecule has 0 radical (unpaired) electrons. The summed E-state index contributed by atoms with van der Waals surface area (Å²) in [6.07, 6.45) is -1.65. The number of alkyl carbamates (subject to hydrolysis) is 1. The molecular formula is C19H19FN2O6S. The number of thiophene rings is 1. The molecule has 2 rings (SSSR count). The third-order valence-electron chi connectivity index (χ3n) is 3.78. The Labute approximate surface area is 169 Å². The second kappa shape index (κ2) is 10.9. The van der Waals surface area contributed by atoms with Gasteiger partial charge < -0.3 is 20.5 Å². The van der Waals surface area contributed by atoms with Crippen LogP contribution in [0.1, 0.15) is 22.9 Å². The van der Waals surface area contributed by atoms with E-state index in [1.165, 1.54) is 0 Å². The first-order valence-corrected chi connectivity index (χ1v) is 9.40. The smallest absolute Gasteiger partial charge is 0.408 e. The van der Waals surface area contributed by atoms with E-state index in [-0.39, 0.29) is 6.61 Å². The maximum Gasteiger partial charge on any atom is 0.408 e. The predicted octanol–water partition coefficient (Wildman–Crippen LogP) is 2.21. The number of hydrogen-bond donors (Lipinski definition) is 3. The molecule has 2 atom stereocenters. The summed E-state index contributed by atoms with van der Waals surface area (Å²) >= 11 is 1.16. The number of aliphatic carboxylic acids is 1. The molecule has 2 aromatic rings. The molecule has 2 amide bonds. The van der Waals surface area contributed by atoms with Crippen molar-refractivity contribution in [1.29, 1.82) is 0 Å². The molecule has 0 bridgehead atoms. The summed E-state index contributed by atoms with van der Waals surface area (Å²) in [4.78, 5) is 47.7. The minimum absolute atomic E-state index is 0.0204. The first-order valence-electron chi connectivity index (χ1n) is 8.52. The number of carbonyl (C=O) groups is 4. The largest absolute Gasteiger partial charge is 0.481 e. The number of rotatable bonds is 10. The van der Waals surface area contributed by atoms with Gasteiger partial charge in [0.05, 0.1) is 6.42 Å². The first-order chi connectivity index (χ1) is 13.9. The fraction of sp³-hybridized carbons (Fsp3) is 0.263. The molecule has 10 heteroatoms. The summed E-state index contributed by atoms with van der Waals surface area (Å²) in [6, 6.07) is 9.34. The van der Waals surface area contributed by atoms with Gasteiger partial charge in [-0.25, -0.2) is 9.18 Å². The molecule has 29 heavy (non-hydrogen) atoms. The van der Waals surface area contributed by atoms with Crippen LogP contribution < -0.4 is 10.6 Å². The monoisotopic (exact) mass is 422 g/mol. The SMILES string of the molecule is O=C(O)CC(NC(=O)C(NC(=O)OCc1ccccc1)c1cccs1)C(=O)CF. The lowest BCUT2D eigenvalue weighted by Gasteiger charge is -2.20. The Kier molecular flexibility index (Phi) is 8.28. The number of halogens is 1. The molecule has 1 heterocycles. The molecule has 1 aromatic heterocycles. The summed E-state index contributed by atoms with van der Waals surface area (Å²) in [7, 11) is 0. The van der Waals surface area contributed by atoms with Crippen molar-refractivity contribution >= 4 is 35.1 Å². The first kappa shape index (κ1) is 22.0. The van der Waals surface area contributed by atoms with Gasteiger partial charge in [-0.3, -0.25) is 14.4 Å². The molecule has 0 aliphatic heterocycles. The van der Waals surface area contributed by atoms with Crippen LogP contribution in [0.2, 0.25) is 0 Å². The van der Waals surface area contributed by atoms with Crippen molar-refractivity contribution in [1.82, 2.24) is 10.6 Å². The second-order valence-electron chi connectivity index (χ2n) is 5.91. The normalized spacial score (nSPS) is 12.4. The lowest BCUT2D eigenvalue weighted by molar-refractivity contribution is -0.140. The van der Waals surface area contributed by atoms with Gasteiger partial charge in [-0.1, -0.05) is 36.4 Å². The number of ketones is 1. The van der Waals surface area contributed by atoms with Gasteiger partial charge in [0.25, 0.3) is 0 Å². The number of hydrogen-bond acceptors (Lipinski definition) is 6. The van der Waals surface area contributed by atoms with Crippen molar-refractivity contribution in [2.45, 2.75) is 25.1 Å². The third-order valence-corrected chi connectivity index (χ3v) is 4.72. The zero-order valence-corrected chi connectivity index (χ0v) is 16.0. The van der Waals surface area contributed by atoms with Crippen molar-refractivity contribution in [2.75, 3.05) is 6.67 Å². The van der Waals surface area contributed by atoms with Crippen LogP contribution in [0.4, 0.5) is 9.18 Å². The average molecular weight is 422 g/mol. The van der Waals surface area contributed by atoms with E-state index in [4.69, 9.17) is 9.84 Å². The van der Waals surface area contributed by atoms with Crippen LogP contribution in [0.25, 0.3) is 0 Å². The molecular weight excluding hydrogens is 403 g/mol. The fourth-order valence-corrected chi connectivity index (χ4v) is 3.15. The molecule has 0 saturated carbocycles. The zero-order valence-electron chi connectivity index (χ0n) is 15.2. The van der Waals surface area contributed by atoms with Crippen molar-refractivity contribution in [3.8, 4) is 0 Å². The van der Waals surface area contributed by atoms with Crippen molar-refractivity contribution in [2.24, 2.45) is 0 Å². The molecule has 0 fully saturated rings. The third kappa shape index (κ3) is 7.00. The Bertz CT molecular complexity index is 844. The zero-order chi connectivity index (χ0) is 21.2. The Morgan fingerprint density at radius 1 is 1.07 bits per heavy atom. The number of carboxylic acid groups (broad SMARTS) is 1. The van der Waals surface area contributed by atoms with Crippen LogP contribution in [-0.2, 0) is 25.7 Å². The maximum atomic E-state index is 12.7. The lowest BCUT2D eigenvalue weighted by atomic mass is 10.1. The van der Waals surface area contributed by atoms with Gasteiger partial charge in [-0.15, -0.1) is 11.3 Å². The van der Waals surface area contributed by atoms with Gasteiger partial charge >= 0.3 is 12.1 Å². The Morgan fingerprint density at radius 3 is 2.38 bits per heavy atom. The van der Waals surface area contributed by atoms with E-state index in [2.05, 4.69) is 10.6 Å². The topological polar surface area (TPSA) is 122 Å². The summed E-state index contributed by atoms with van der Waals surface area (Å²) in [6.45, 7) is -1.44. The highest BCUT2D eigenvalue weighted by molar-refractivity contribution is 7.10. The van der Waals surface area contributed by atoms with Crippen LogP contribution in [0.5, 0.6) is 0 Å². The molecule has 1 aromatic carbocycles. The summed E-state index contributed by atoms with van der Waals surface area (Å²) in [5.41, 5.74) is 0.745. The molecule has 0 saturated heterocycles. The van der Waals surface area contributed by atoms with E-state index in [1.807, 2.05) is 6.07 Å². The molecule has 3 N–H and O–H groups in total. The van der Waals surface area contributed by atoms with E-state index in [9.17, 15) is 23.6 Å². The standard InChI is InChI=1S/C19H19FN2O6S/c20-10-14(23)13(9-16(24)25)21-18(26)17(15-7-4-8-29-15)22-19(27)28-11-12-5-2-1-3-6-12/h1-8,13,17H,9-11H2,(H,21,26)(H,22,27)(H,24,25). The van der Waals surface area contributed by atoms with E-state index in [0.29, 0.717) is 4.88 Å². The van der Waals surface area contributed by atoms with E-state index in [1.54, 1.807) is 41.8 Å². The highest BCUT2D eigenvalue weighted by atomic mass is 32.1. The van der Waals surface area contributed by atoms with E-state index in [0.717, 1.165) is 16.9 Å². The molecule has 0 aliphatic rings. The fourth-order valence-electron chi connectivity index (χ4n) is 2.37. The van der Waals surface area contributed by atoms with Crippen molar-refractivity contribution < 1.29 is 33.4 Å². The summed E-state index contributed by atoms with van der Waals surface area (Å²) in [5, 5.41) is 15.1. The van der Waals surface area contributed by atoms with Gasteiger partial charge in [0.15, 0.2) is 5.78 Å². The van der Waals surface area contributed by atoms with Gasteiger partial charge in [0, 0.05) is 4.88 Å². The second-order valence-corrected chi connectivity index (χ2v) is 6.89. The van der Waals surface area contributed by atoms with Crippen molar-refractivity contribution in [3.05, 3.63) is 58.3 Å². The Balaban J connectivity index is 2.07. The van der Waals surface area contributed by atoms with Gasteiger partial charge in [-0.05, 0) is 17.0 Å². The number of ether oxygens (including phenoxy) is 1. The molecule has 0 spiro atoms. The average Bonchev–Trinajstić information content (AvgIpc) is 3.24. The number of benzene rings is 1. The number of carbonyl (C=O) groups excluding carboxylic acids is 3. The maximum absolute atomic E-state index is 12.7. The van der Waals surface area contributed by atoms with Gasteiger partial charge in [-0.2, -0.15) is 0 Å². The molecule has 0 aliphatic carbocycles. The quantitative estimate of drug-likeness (QED) is 0.540. The van der Waals surface area contributed by atoms with E-state index >= 15 is 0 Å². The number of amides is 2. The minimum Gasteiger partial charge on any atom is -0.481 e. The highest BCUT2D eigenvalue weighted by Gasteiger charge is 2.30.